The molecule has 11 nitrogen and oxygen atoms in total. The van der Waals surface area contributed by atoms with Crippen LogP contribution in [0.3, 0.4) is 0 Å². The van der Waals surface area contributed by atoms with Gasteiger partial charge in [0, 0.05) is 24.2 Å². The molecule has 7 atom stereocenters. The minimum atomic E-state index is -1.70. The Hall–Kier alpha value is -4.97. The lowest BCUT2D eigenvalue weighted by Gasteiger charge is -2.50. The monoisotopic (exact) mass is 641 g/mol. The second-order valence-corrected chi connectivity index (χ2v) is 11.8. The fraction of sp³-hybridized carbons (Fsp3) is 0.306. The summed E-state index contributed by atoms with van der Waals surface area (Å²) in [5.41, 5.74) is 2.69. The first kappa shape index (κ1) is 33.4. The highest BCUT2D eigenvalue weighted by molar-refractivity contribution is 5.82. The number of nitrogens with one attached hydrogen (secondary N) is 1. The molecule has 3 saturated heterocycles. The standard InChI is InChI=1S/C19H22N2O.C17H17NO7/c1-2-13-12-21-10-8-14(13)11-18(21)19(22)16-7-9-20-17-6-4-3-5-15(16)17;19-12-7-6-11(8-13(12)20)15(21)14(16(22)23)18-17(24)25-9-10-4-2-1-3-5-10/h2-7,9,13-14,18-19,22H,1,8,10-12H2;1-8,14-15,19-21H,9H2,(H,18,24)(H,22,23)/t13-,14-,18-,19+;14-,15?/m00/s1. The number of piperidine rings is 3. The van der Waals surface area contributed by atoms with E-state index in [0.29, 0.717) is 17.4 Å². The number of aromatic hydroxyl groups is 2. The number of carbonyl (C=O) groups is 2. The van der Waals surface area contributed by atoms with Crippen molar-refractivity contribution < 1.29 is 39.9 Å². The molecule has 1 aromatic heterocycles. The van der Waals surface area contributed by atoms with Crippen LogP contribution in [-0.4, -0.2) is 72.7 Å². The van der Waals surface area contributed by atoms with Gasteiger partial charge in [-0.25, -0.2) is 9.59 Å². The number of amides is 1. The van der Waals surface area contributed by atoms with E-state index in [-0.39, 0.29) is 18.2 Å². The third kappa shape index (κ3) is 7.89. The second kappa shape index (κ2) is 15.1. The van der Waals surface area contributed by atoms with Crippen LogP contribution in [0.5, 0.6) is 11.5 Å². The predicted octanol–water partition coefficient (Wildman–Crippen LogP) is 4.68. The van der Waals surface area contributed by atoms with Gasteiger partial charge in [-0.1, -0.05) is 60.7 Å². The Morgan fingerprint density at radius 2 is 1.77 bits per heavy atom. The SMILES string of the molecule is C=C[C@H]1C[N@]2CC[C@H]1C[C@H]2[C@H](O)c1ccnc2ccccc12.O=C(N[C@H](C(=O)O)C(O)c1ccc(O)c(O)c1)OCc1ccccc1. The summed E-state index contributed by atoms with van der Waals surface area (Å²) < 4.78 is 4.92. The Labute approximate surface area is 272 Å². The van der Waals surface area contributed by atoms with Crippen LogP contribution in [0, 0.1) is 11.8 Å². The number of fused-ring (bicyclic) bond motifs is 4. The maximum absolute atomic E-state index is 11.8. The molecule has 3 aliphatic rings. The number of phenols is 2. The number of carboxylic acid groups (broad SMARTS) is 1. The summed E-state index contributed by atoms with van der Waals surface area (Å²) >= 11 is 0. The lowest BCUT2D eigenvalue weighted by molar-refractivity contribution is -0.142. The molecule has 1 amide bonds. The van der Waals surface area contributed by atoms with Crippen molar-refractivity contribution in [1.29, 1.82) is 0 Å². The summed E-state index contributed by atoms with van der Waals surface area (Å²) in [6, 6.07) is 20.7. The van der Waals surface area contributed by atoms with Crippen LogP contribution in [0.1, 0.15) is 41.7 Å². The van der Waals surface area contributed by atoms with Crippen molar-refractivity contribution >= 4 is 23.0 Å². The number of aliphatic hydroxyl groups excluding tert-OH is 2. The van der Waals surface area contributed by atoms with E-state index in [9.17, 15) is 35.1 Å². The summed E-state index contributed by atoms with van der Waals surface area (Å²) in [4.78, 5) is 30.0. The molecule has 11 heteroatoms. The fourth-order valence-electron chi connectivity index (χ4n) is 6.37. The number of nitrogens with zero attached hydrogens (tertiary/aromatic N) is 2. The number of aromatic nitrogens is 1. The number of rotatable bonds is 9. The fourth-order valence-corrected chi connectivity index (χ4v) is 6.37. The Balaban J connectivity index is 0.000000185. The number of carboxylic acids is 1. The van der Waals surface area contributed by atoms with Gasteiger partial charge in [0.15, 0.2) is 17.5 Å². The number of pyridine rings is 1. The van der Waals surface area contributed by atoms with Crippen molar-refractivity contribution in [2.75, 3.05) is 13.1 Å². The molecule has 0 saturated carbocycles. The maximum Gasteiger partial charge on any atom is 0.408 e. The van der Waals surface area contributed by atoms with Gasteiger partial charge in [0.05, 0.1) is 11.6 Å². The number of hydrogen-bond donors (Lipinski definition) is 6. The summed E-state index contributed by atoms with van der Waals surface area (Å²) in [7, 11) is 0. The first-order chi connectivity index (χ1) is 22.7. The van der Waals surface area contributed by atoms with Crippen molar-refractivity contribution in [3.05, 3.63) is 114 Å². The van der Waals surface area contributed by atoms with Crippen molar-refractivity contribution in [3.63, 3.8) is 0 Å². The smallest absolute Gasteiger partial charge is 0.408 e. The zero-order valence-electron chi connectivity index (χ0n) is 25.7. The largest absolute Gasteiger partial charge is 0.504 e. The van der Waals surface area contributed by atoms with Gasteiger partial charge in [0.1, 0.15) is 12.7 Å². The Bertz CT molecular complexity index is 1700. The molecule has 0 radical (unpaired) electrons. The summed E-state index contributed by atoms with van der Waals surface area (Å²) in [5.74, 6) is -1.16. The first-order valence-electron chi connectivity index (χ1n) is 15.4. The number of ether oxygens (including phenoxy) is 1. The lowest BCUT2D eigenvalue weighted by atomic mass is 9.73. The van der Waals surface area contributed by atoms with Crippen LogP contribution in [-0.2, 0) is 16.1 Å². The summed E-state index contributed by atoms with van der Waals surface area (Å²) in [6.07, 6.45) is 3.09. The minimum Gasteiger partial charge on any atom is -0.504 e. The van der Waals surface area contributed by atoms with Gasteiger partial charge < -0.3 is 35.6 Å². The molecular formula is C36H39N3O8. The molecule has 3 fully saturated rings. The van der Waals surface area contributed by atoms with E-state index in [1.807, 2.05) is 30.5 Å². The number of benzene rings is 3. The molecule has 1 unspecified atom stereocenters. The molecule has 246 valence electrons. The lowest BCUT2D eigenvalue weighted by Crippen LogP contribution is -2.54. The molecule has 7 rings (SSSR count). The van der Waals surface area contributed by atoms with Gasteiger partial charge in [0.25, 0.3) is 0 Å². The average Bonchev–Trinajstić information content (AvgIpc) is 3.10. The van der Waals surface area contributed by atoms with Crippen LogP contribution in [0.25, 0.3) is 10.9 Å². The highest BCUT2D eigenvalue weighted by atomic mass is 16.5. The first-order valence-corrected chi connectivity index (χ1v) is 15.4. The average molecular weight is 642 g/mol. The molecule has 3 aromatic carbocycles. The zero-order valence-corrected chi connectivity index (χ0v) is 25.7. The van der Waals surface area contributed by atoms with Gasteiger partial charge in [0.2, 0.25) is 0 Å². The normalized spacial score (nSPS) is 21.8. The number of carbonyl (C=O) groups excluding carboxylic acids is 1. The van der Waals surface area contributed by atoms with E-state index in [2.05, 4.69) is 33.9 Å². The third-order valence-electron chi connectivity index (χ3n) is 8.93. The Kier molecular flexibility index (Phi) is 10.7. The van der Waals surface area contributed by atoms with E-state index in [4.69, 9.17) is 4.74 Å². The van der Waals surface area contributed by atoms with Crippen LogP contribution < -0.4 is 5.32 Å². The van der Waals surface area contributed by atoms with Crippen molar-refractivity contribution in [1.82, 2.24) is 15.2 Å². The molecule has 6 N–H and O–H groups in total. The van der Waals surface area contributed by atoms with E-state index in [0.717, 1.165) is 48.1 Å². The van der Waals surface area contributed by atoms with Crippen molar-refractivity contribution in [3.8, 4) is 11.5 Å². The van der Waals surface area contributed by atoms with Crippen LogP contribution in [0.2, 0.25) is 0 Å². The number of aliphatic carboxylic acids is 1. The molecule has 0 spiro atoms. The minimum absolute atomic E-state index is 0.00561. The Morgan fingerprint density at radius 1 is 1.02 bits per heavy atom. The van der Waals surface area contributed by atoms with Crippen LogP contribution in [0.4, 0.5) is 4.79 Å². The number of hydrogen-bond acceptors (Lipinski definition) is 9. The van der Waals surface area contributed by atoms with Crippen molar-refractivity contribution in [2.24, 2.45) is 11.8 Å². The molecule has 4 heterocycles. The summed E-state index contributed by atoms with van der Waals surface area (Å²) in [6.45, 7) is 6.05. The molecule has 2 bridgehead atoms. The number of para-hydroxylation sites is 1. The van der Waals surface area contributed by atoms with E-state index >= 15 is 0 Å². The number of aliphatic hydroxyl groups is 2. The topological polar surface area (TPSA) is 173 Å². The van der Waals surface area contributed by atoms with E-state index in [1.165, 1.54) is 12.5 Å². The maximum atomic E-state index is 11.8. The van der Waals surface area contributed by atoms with Crippen molar-refractivity contribution in [2.45, 2.75) is 43.7 Å². The van der Waals surface area contributed by atoms with Gasteiger partial charge in [-0.2, -0.15) is 0 Å². The van der Waals surface area contributed by atoms with Gasteiger partial charge in [-0.3, -0.25) is 9.88 Å². The zero-order chi connectivity index (χ0) is 33.5. The van der Waals surface area contributed by atoms with Gasteiger partial charge >= 0.3 is 12.1 Å². The number of phenolic OH excluding ortho intramolecular Hbond substituents is 2. The quantitative estimate of drug-likeness (QED) is 0.111. The molecular weight excluding hydrogens is 602 g/mol. The Morgan fingerprint density at radius 3 is 2.45 bits per heavy atom. The molecule has 47 heavy (non-hydrogen) atoms. The third-order valence-corrected chi connectivity index (χ3v) is 8.93. The second-order valence-electron chi connectivity index (χ2n) is 11.8. The predicted molar refractivity (Wildman–Crippen MR) is 174 cm³/mol. The highest BCUT2D eigenvalue weighted by Crippen LogP contribution is 2.42. The van der Waals surface area contributed by atoms with Crippen LogP contribution in [0.15, 0.2) is 97.7 Å². The molecule has 4 aromatic rings. The molecule has 0 aliphatic carbocycles. The van der Waals surface area contributed by atoms with Crippen LogP contribution >= 0.6 is 0 Å². The number of alkyl carbamates (subject to hydrolysis) is 1. The molecule has 3 aliphatic heterocycles. The highest BCUT2D eigenvalue weighted by Gasteiger charge is 2.42. The van der Waals surface area contributed by atoms with Gasteiger partial charge in [-0.15, -0.1) is 6.58 Å². The summed E-state index contributed by atoms with van der Waals surface area (Å²) in [5, 5.41) is 52.2. The van der Waals surface area contributed by atoms with Gasteiger partial charge in [-0.05, 0) is 72.2 Å². The van der Waals surface area contributed by atoms with E-state index in [1.54, 1.807) is 30.3 Å². The van der Waals surface area contributed by atoms with E-state index < -0.39 is 41.8 Å².